The third-order valence-corrected chi connectivity index (χ3v) is 6.40. The molecule has 3 heterocycles. The number of urea groups is 1. The zero-order chi connectivity index (χ0) is 26.3. The summed E-state index contributed by atoms with van der Waals surface area (Å²) in [5, 5.41) is 4.00. The maximum Gasteiger partial charge on any atom is 0.350 e. The van der Waals surface area contributed by atoms with Crippen LogP contribution in [0.15, 0.2) is 59.7 Å². The van der Waals surface area contributed by atoms with Gasteiger partial charge in [0.2, 0.25) is 5.91 Å². The number of nitrogens with zero attached hydrogens (tertiary/aromatic N) is 7. The van der Waals surface area contributed by atoms with Crippen LogP contribution in [0, 0.1) is 6.92 Å². The molecule has 0 spiro atoms. The van der Waals surface area contributed by atoms with Gasteiger partial charge in [-0.25, -0.2) is 28.8 Å². The van der Waals surface area contributed by atoms with E-state index >= 15 is 0 Å². The molecule has 11 nitrogen and oxygen atoms in total. The summed E-state index contributed by atoms with van der Waals surface area (Å²) in [6.45, 7) is 4.67. The quantitative estimate of drug-likeness (QED) is 0.434. The van der Waals surface area contributed by atoms with Crippen LogP contribution in [0.4, 0.5) is 16.3 Å². The number of aryl methyl sites for hydroxylation is 2. The van der Waals surface area contributed by atoms with Gasteiger partial charge in [0.05, 0.1) is 11.4 Å². The standard InChI is InChI=1S/C26H26N8O3/c1-4-21-22(17-8-10-19(11-9-17)34-15-28-31(3)25(34)36)29-16(2)30-24(21)33-13-12-32(26(33)37)20-7-5-6-18(14-20)23(27)35/h5-11,14-15H,4,12-13H2,1-3H3,(H2,27,35). The number of hydrogen-bond donors (Lipinski definition) is 1. The molecular weight excluding hydrogens is 472 g/mol. The molecule has 1 saturated heterocycles. The Balaban J connectivity index is 1.50. The van der Waals surface area contributed by atoms with Crippen molar-refractivity contribution in [3.8, 4) is 16.9 Å². The highest BCUT2D eigenvalue weighted by molar-refractivity contribution is 6.07. The summed E-state index contributed by atoms with van der Waals surface area (Å²) in [7, 11) is 1.60. The maximum atomic E-state index is 13.5. The largest absolute Gasteiger partial charge is 0.366 e. The normalized spacial score (nSPS) is 13.4. The predicted octanol–water partition coefficient (Wildman–Crippen LogP) is 2.44. The Morgan fingerprint density at radius 1 is 1.00 bits per heavy atom. The summed E-state index contributed by atoms with van der Waals surface area (Å²) in [6, 6.07) is 14.0. The van der Waals surface area contributed by atoms with Gasteiger partial charge in [-0.05, 0) is 43.7 Å². The number of primary amides is 1. The highest BCUT2D eigenvalue weighted by atomic mass is 16.2. The van der Waals surface area contributed by atoms with Crippen LogP contribution in [0.5, 0.6) is 0 Å². The predicted molar refractivity (Wildman–Crippen MR) is 139 cm³/mol. The number of hydrogen-bond acceptors (Lipinski definition) is 6. The fourth-order valence-corrected chi connectivity index (χ4v) is 4.51. The van der Waals surface area contributed by atoms with Crippen LogP contribution in [0.2, 0.25) is 0 Å². The first-order valence-corrected chi connectivity index (χ1v) is 11.9. The number of benzene rings is 2. The first kappa shape index (κ1) is 23.9. The van der Waals surface area contributed by atoms with Gasteiger partial charge in [-0.2, -0.15) is 5.10 Å². The van der Waals surface area contributed by atoms with Gasteiger partial charge < -0.3 is 5.73 Å². The summed E-state index contributed by atoms with van der Waals surface area (Å²) >= 11 is 0. The average Bonchev–Trinajstić information content (AvgIpc) is 3.45. The van der Waals surface area contributed by atoms with Gasteiger partial charge in [0.15, 0.2) is 0 Å². The van der Waals surface area contributed by atoms with Gasteiger partial charge in [-0.3, -0.25) is 14.6 Å². The van der Waals surface area contributed by atoms with E-state index in [2.05, 4.69) is 10.1 Å². The van der Waals surface area contributed by atoms with Crippen LogP contribution in [0.1, 0.15) is 28.7 Å². The average molecular weight is 499 g/mol. The number of carbonyl (C=O) groups is 2. The lowest BCUT2D eigenvalue weighted by atomic mass is 10.0. The molecule has 0 bridgehead atoms. The Kier molecular flexibility index (Phi) is 6.04. The molecule has 0 radical (unpaired) electrons. The molecule has 0 unspecified atom stereocenters. The van der Waals surface area contributed by atoms with E-state index in [0.717, 1.165) is 16.8 Å². The van der Waals surface area contributed by atoms with E-state index in [1.54, 1.807) is 48.0 Å². The Morgan fingerprint density at radius 3 is 2.38 bits per heavy atom. The van der Waals surface area contributed by atoms with E-state index in [1.165, 1.54) is 15.6 Å². The molecule has 0 atom stereocenters. The van der Waals surface area contributed by atoms with Crippen LogP contribution < -0.4 is 21.2 Å². The van der Waals surface area contributed by atoms with Gasteiger partial charge in [-0.15, -0.1) is 0 Å². The van der Waals surface area contributed by atoms with Gasteiger partial charge in [0.1, 0.15) is 18.0 Å². The molecule has 5 rings (SSSR count). The van der Waals surface area contributed by atoms with Crippen molar-refractivity contribution in [3.05, 3.63) is 82.3 Å². The summed E-state index contributed by atoms with van der Waals surface area (Å²) in [5.74, 6) is 0.557. The molecule has 1 aliphatic heterocycles. The fraction of sp³-hybridized carbons (Fsp3) is 0.231. The van der Waals surface area contributed by atoms with Crippen molar-refractivity contribution in [2.45, 2.75) is 20.3 Å². The number of anilines is 2. The van der Waals surface area contributed by atoms with Crippen molar-refractivity contribution in [2.75, 3.05) is 22.9 Å². The van der Waals surface area contributed by atoms with Gasteiger partial charge in [0, 0.05) is 42.5 Å². The minimum Gasteiger partial charge on any atom is -0.366 e. The highest BCUT2D eigenvalue weighted by Gasteiger charge is 2.34. The van der Waals surface area contributed by atoms with Crippen molar-refractivity contribution < 1.29 is 9.59 Å². The van der Waals surface area contributed by atoms with Crippen LogP contribution in [0.25, 0.3) is 16.9 Å². The Labute approximate surface area is 212 Å². The van der Waals surface area contributed by atoms with E-state index in [4.69, 9.17) is 10.7 Å². The van der Waals surface area contributed by atoms with E-state index in [1.807, 2.05) is 31.2 Å². The van der Waals surface area contributed by atoms with Gasteiger partial charge >= 0.3 is 11.7 Å². The number of amides is 3. The first-order chi connectivity index (χ1) is 17.8. The van der Waals surface area contributed by atoms with Crippen molar-refractivity contribution >= 4 is 23.4 Å². The molecule has 4 aromatic rings. The molecular formula is C26H26N8O3. The SMILES string of the molecule is CCc1c(-c2ccc(-n3cnn(C)c3=O)cc2)nc(C)nc1N1CCN(c2cccc(C(N)=O)c2)C1=O. The lowest BCUT2D eigenvalue weighted by molar-refractivity contribution is 0.1000. The lowest BCUT2D eigenvalue weighted by Gasteiger charge is -2.22. The van der Waals surface area contributed by atoms with Crippen LogP contribution in [-0.4, -0.2) is 49.3 Å². The third kappa shape index (κ3) is 4.24. The number of carbonyl (C=O) groups excluding carboxylic acids is 2. The van der Waals surface area contributed by atoms with Crippen LogP contribution in [-0.2, 0) is 13.5 Å². The monoisotopic (exact) mass is 498 g/mol. The molecule has 0 saturated carbocycles. The van der Waals surface area contributed by atoms with Gasteiger partial charge in [0.25, 0.3) is 0 Å². The molecule has 3 amide bonds. The molecule has 2 aromatic heterocycles. The second-order valence-corrected chi connectivity index (χ2v) is 8.73. The minimum absolute atomic E-state index is 0.230. The second kappa shape index (κ2) is 9.34. The summed E-state index contributed by atoms with van der Waals surface area (Å²) < 4.78 is 2.73. The summed E-state index contributed by atoms with van der Waals surface area (Å²) in [4.78, 5) is 50.0. The molecule has 188 valence electrons. The molecule has 2 N–H and O–H groups in total. The zero-order valence-corrected chi connectivity index (χ0v) is 20.8. The summed E-state index contributed by atoms with van der Waals surface area (Å²) in [5.41, 5.74) is 9.25. The van der Waals surface area contributed by atoms with E-state index in [-0.39, 0.29) is 11.7 Å². The molecule has 0 aliphatic carbocycles. The zero-order valence-electron chi connectivity index (χ0n) is 20.8. The Hall–Kier alpha value is -4.80. The molecule has 1 fully saturated rings. The van der Waals surface area contributed by atoms with Crippen LogP contribution >= 0.6 is 0 Å². The Bertz CT molecular complexity index is 1570. The summed E-state index contributed by atoms with van der Waals surface area (Å²) in [6.07, 6.45) is 2.08. The van der Waals surface area contributed by atoms with E-state index in [0.29, 0.717) is 48.1 Å². The molecule has 37 heavy (non-hydrogen) atoms. The van der Waals surface area contributed by atoms with E-state index in [9.17, 15) is 14.4 Å². The number of nitrogens with two attached hydrogens (primary N) is 1. The smallest absolute Gasteiger partial charge is 0.350 e. The lowest BCUT2D eigenvalue weighted by Crippen LogP contribution is -2.33. The molecule has 11 heteroatoms. The highest BCUT2D eigenvalue weighted by Crippen LogP contribution is 2.33. The van der Waals surface area contributed by atoms with Crippen LogP contribution in [0.3, 0.4) is 0 Å². The van der Waals surface area contributed by atoms with Crippen molar-refractivity contribution in [1.82, 2.24) is 24.3 Å². The van der Waals surface area contributed by atoms with Crippen molar-refractivity contribution in [1.29, 1.82) is 0 Å². The van der Waals surface area contributed by atoms with Crippen molar-refractivity contribution in [3.63, 3.8) is 0 Å². The molecule has 2 aromatic carbocycles. The molecule has 1 aliphatic rings. The third-order valence-electron chi connectivity index (χ3n) is 6.40. The van der Waals surface area contributed by atoms with Gasteiger partial charge in [-0.1, -0.05) is 25.1 Å². The topological polar surface area (TPSA) is 132 Å². The maximum absolute atomic E-state index is 13.5. The number of aromatic nitrogens is 5. The van der Waals surface area contributed by atoms with Crippen molar-refractivity contribution in [2.24, 2.45) is 12.8 Å². The van der Waals surface area contributed by atoms with E-state index < -0.39 is 5.91 Å². The minimum atomic E-state index is -0.547. The number of rotatable bonds is 6. The second-order valence-electron chi connectivity index (χ2n) is 8.73. The Morgan fingerprint density at radius 2 is 1.73 bits per heavy atom. The fourth-order valence-electron chi connectivity index (χ4n) is 4.51. The first-order valence-electron chi connectivity index (χ1n) is 11.9.